The van der Waals surface area contributed by atoms with Crippen molar-refractivity contribution in [2.75, 3.05) is 20.0 Å². The second-order valence-corrected chi connectivity index (χ2v) is 7.51. The molecule has 7 nitrogen and oxygen atoms in total. The molecule has 0 saturated heterocycles. The predicted molar refractivity (Wildman–Crippen MR) is 107 cm³/mol. The first-order valence-electron chi connectivity index (χ1n) is 8.88. The number of nitrogens with zero attached hydrogens (tertiary/aromatic N) is 3. The minimum absolute atomic E-state index is 0.0700. The summed E-state index contributed by atoms with van der Waals surface area (Å²) in [5.41, 5.74) is 0.482. The molecule has 0 atom stereocenters. The number of hydrogen-bond acceptors (Lipinski definition) is 7. The van der Waals surface area contributed by atoms with Gasteiger partial charge in [-0.25, -0.2) is 0 Å². The summed E-state index contributed by atoms with van der Waals surface area (Å²) in [6, 6.07) is 8.84. The summed E-state index contributed by atoms with van der Waals surface area (Å²) in [4.78, 5) is 12.8. The molecule has 0 bridgehead atoms. The van der Waals surface area contributed by atoms with Crippen molar-refractivity contribution in [3.63, 3.8) is 0 Å². The quantitative estimate of drug-likeness (QED) is 0.393. The molecule has 148 valence electrons. The van der Waals surface area contributed by atoms with E-state index in [-0.39, 0.29) is 11.5 Å². The molecule has 1 aromatic carbocycles. The van der Waals surface area contributed by atoms with Crippen LogP contribution < -0.4 is 9.47 Å². The molecule has 3 rings (SSSR count). The molecular formula is C20H23N3O4S. The van der Waals surface area contributed by atoms with Crippen LogP contribution in [0.5, 0.6) is 11.5 Å². The highest BCUT2D eigenvalue weighted by atomic mass is 32.2. The molecule has 0 N–H and O–H groups in total. The Balaban J connectivity index is 1.82. The number of carbonyl (C=O) groups is 1. The first-order chi connectivity index (χ1) is 13.5. The molecule has 0 saturated carbocycles. The van der Waals surface area contributed by atoms with Crippen LogP contribution in [0.2, 0.25) is 0 Å². The topological polar surface area (TPSA) is 79.4 Å². The maximum Gasteiger partial charge on any atom is 0.200 e. The number of benzene rings is 1. The highest BCUT2D eigenvalue weighted by molar-refractivity contribution is 7.99. The number of Topliss-reactive ketones (excluding diaryl/α,β-unsaturated/α-hetero) is 1. The standard InChI is InChI=1S/C20H23N3O4S/c1-13(2)11-23-19(18-6-5-9-27-18)21-22-20(23)28-12-16(24)15-10-14(25-3)7-8-17(15)26-4/h5-10,13H,11-12H2,1-4H3. The summed E-state index contributed by atoms with van der Waals surface area (Å²) in [6.45, 7) is 4.96. The number of hydrogen-bond donors (Lipinski definition) is 0. The zero-order chi connectivity index (χ0) is 20.1. The number of thioether (sulfide) groups is 1. The first kappa shape index (κ1) is 20.0. The normalized spacial score (nSPS) is 11.0. The highest BCUT2D eigenvalue weighted by Crippen LogP contribution is 2.29. The maximum absolute atomic E-state index is 12.8. The van der Waals surface area contributed by atoms with Crippen LogP contribution in [-0.2, 0) is 6.54 Å². The largest absolute Gasteiger partial charge is 0.497 e. The van der Waals surface area contributed by atoms with E-state index >= 15 is 0 Å². The van der Waals surface area contributed by atoms with Gasteiger partial charge in [-0.1, -0.05) is 25.6 Å². The zero-order valence-electron chi connectivity index (χ0n) is 16.3. The molecular weight excluding hydrogens is 378 g/mol. The smallest absolute Gasteiger partial charge is 0.200 e. The minimum atomic E-state index is -0.0700. The Labute approximate surface area is 168 Å². The Morgan fingerprint density at radius 3 is 2.68 bits per heavy atom. The van der Waals surface area contributed by atoms with Crippen molar-refractivity contribution in [3.8, 4) is 23.1 Å². The molecule has 0 unspecified atom stereocenters. The van der Waals surface area contributed by atoms with Crippen molar-refractivity contribution in [1.29, 1.82) is 0 Å². The third-order valence-corrected chi connectivity index (χ3v) is 5.01. The van der Waals surface area contributed by atoms with Crippen LogP contribution in [0.3, 0.4) is 0 Å². The molecule has 0 fully saturated rings. The van der Waals surface area contributed by atoms with Crippen LogP contribution in [0.1, 0.15) is 24.2 Å². The molecule has 28 heavy (non-hydrogen) atoms. The summed E-state index contributed by atoms with van der Waals surface area (Å²) in [7, 11) is 3.11. The van der Waals surface area contributed by atoms with E-state index in [1.807, 2.05) is 16.7 Å². The Bertz CT molecular complexity index is 935. The van der Waals surface area contributed by atoms with Crippen LogP contribution in [0.25, 0.3) is 11.6 Å². The third-order valence-electron chi connectivity index (χ3n) is 4.05. The van der Waals surface area contributed by atoms with E-state index in [0.29, 0.717) is 39.7 Å². The van der Waals surface area contributed by atoms with Crippen LogP contribution in [0.4, 0.5) is 0 Å². The van der Waals surface area contributed by atoms with E-state index in [4.69, 9.17) is 13.9 Å². The number of methoxy groups -OCH3 is 2. The molecule has 0 aliphatic rings. The highest BCUT2D eigenvalue weighted by Gasteiger charge is 2.20. The van der Waals surface area contributed by atoms with Gasteiger partial charge in [-0.05, 0) is 36.2 Å². The van der Waals surface area contributed by atoms with Gasteiger partial charge in [0.2, 0.25) is 0 Å². The number of rotatable bonds is 9. The molecule has 8 heteroatoms. The summed E-state index contributed by atoms with van der Waals surface area (Å²) in [5.74, 6) is 2.97. The van der Waals surface area contributed by atoms with Gasteiger partial charge in [0.1, 0.15) is 11.5 Å². The number of ketones is 1. The first-order valence-corrected chi connectivity index (χ1v) is 9.87. The average Bonchev–Trinajstić information content (AvgIpc) is 3.35. The van der Waals surface area contributed by atoms with Gasteiger partial charge in [-0.2, -0.15) is 0 Å². The van der Waals surface area contributed by atoms with Gasteiger partial charge in [0.25, 0.3) is 0 Å². The van der Waals surface area contributed by atoms with E-state index in [0.717, 1.165) is 6.54 Å². The van der Waals surface area contributed by atoms with E-state index < -0.39 is 0 Å². The Morgan fingerprint density at radius 2 is 2.04 bits per heavy atom. The van der Waals surface area contributed by atoms with Gasteiger partial charge < -0.3 is 13.9 Å². The van der Waals surface area contributed by atoms with Gasteiger partial charge in [-0.3, -0.25) is 9.36 Å². The lowest BCUT2D eigenvalue weighted by Crippen LogP contribution is -2.10. The molecule has 0 amide bonds. The van der Waals surface area contributed by atoms with Crippen LogP contribution in [0, 0.1) is 5.92 Å². The summed E-state index contributed by atoms with van der Waals surface area (Å²) >= 11 is 1.34. The SMILES string of the molecule is COc1ccc(OC)c(C(=O)CSc2nnc(-c3ccco3)n2CC(C)C)c1. The van der Waals surface area contributed by atoms with E-state index in [2.05, 4.69) is 24.0 Å². The Kier molecular flexibility index (Phi) is 6.41. The average molecular weight is 401 g/mol. The molecule has 2 heterocycles. The van der Waals surface area contributed by atoms with Crippen molar-refractivity contribution >= 4 is 17.5 Å². The van der Waals surface area contributed by atoms with Crippen molar-refractivity contribution < 1.29 is 18.7 Å². The molecule has 0 radical (unpaired) electrons. The zero-order valence-corrected chi connectivity index (χ0v) is 17.2. The van der Waals surface area contributed by atoms with Gasteiger partial charge in [0, 0.05) is 6.54 Å². The second-order valence-electron chi connectivity index (χ2n) is 6.57. The molecule has 0 aliphatic heterocycles. The van der Waals surface area contributed by atoms with Crippen LogP contribution in [0.15, 0.2) is 46.2 Å². The minimum Gasteiger partial charge on any atom is -0.497 e. The second kappa shape index (κ2) is 8.97. The van der Waals surface area contributed by atoms with Gasteiger partial charge in [0.15, 0.2) is 22.5 Å². The fourth-order valence-electron chi connectivity index (χ4n) is 2.75. The lowest BCUT2D eigenvalue weighted by molar-refractivity contribution is 0.101. The van der Waals surface area contributed by atoms with E-state index in [1.54, 1.807) is 38.7 Å². The van der Waals surface area contributed by atoms with Crippen molar-refractivity contribution in [2.45, 2.75) is 25.5 Å². The van der Waals surface area contributed by atoms with Gasteiger partial charge in [0.05, 0.1) is 31.8 Å². The summed E-state index contributed by atoms with van der Waals surface area (Å²) in [5, 5.41) is 9.22. The number of aromatic nitrogens is 3. The molecule has 3 aromatic rings. The van der Waals surface area contributed by atoms with Crippen LogP contribution in [-0.4, -0.2) is 40.5 Å². The Hall–Kier alpha value is -2.74. The summed E-state index contributed by atoms with van der Waals surface area (Å²) < 4.78 is 18.0. The maximum atomic E-state index is 12.8. The summed E-state index contributed by atoms with van der Waals surface area (Å²) in [6.07, 6.45) is 1.61. The van der Waals surface area contributed by atoms with Gasteiger partial charge >= 0.3 is 0 Å². The predicted octanol–water partition coefficient (Wildman–Crippen LogP) is 4.19. The Morgan fingerprint density at radius 1 is 1.21 bits per heavy atom. The molecule has 0 aliphatic carbocycles. The lowest BCUT2D eigenvalue weighted by Gasteiger charge is -2.12. The van der Waals surface area contributed by atoms with Crippen molar-refractivity contribution in [1.82, 2.24) is 14.8 Å². The van der Waals surface area contributed by atoms with Gasteiger partial charge in [-0.15, -0.1) is 10.2 Å². The lowest BCUT2D eigenvalue weighted by atomic mass is 10.1. The number of furan rings is 1. The molecule has 2 aromatic heterocycles. The van der Waals surface area contributed by atoms with E-state index in [1.165, 1.54) is 11.8 Å². The number of carbonyl (C=O) groups excluding carboxylic acids is 1. The monoisotopic (exact) mass is 401 g/mol. The molecule has 0 spiro atoms. The van der Waals surface area contributed by atoms with Crippen molar-refractivity contribution in [2.24, 2.45) is 5.92 Å². The van der Waals surface area contributed by atoms with E-state index in [9.17, 15) is 4.79 Å². The van der Waals surface area contributed by atoms with Crippen LogP contribution >= 0.6 is 11.8 Å². The number of ether oxygens (including phenoxy) is 2. The fourth-order valence-corrected chi connectivity index (χ4v) is 3.58. The third kappa shape index (κ3) is 4.39. The van der Waals surface area contributed by atoms with Crippen molar-refractivity contribution in [3.05, 3.63) is 42.2 Å². The fraction of sp³-hybridized carbons (Fsp3) is 0.350.